The number of thioether (sulfide) groups is 1. The number of nitrogens with zero attached hydrogens (tertiary/aromatic N) is 2. The van der Waals surface area contributed by atoms with Gasteiger partial charge in [-0.15, -0.1) is 0 Å². The third-order valence-electron chi connectivity index (χ3n) is 2.86. The van der Waals surface area contributed by atoms with E-state index in [9.17, 15) is 4.79 Å². The van der Waals surface area contributed by atoms with Crippen molar-refractivity contribution in [3.05, 3.63) is 46.8 Å². The SMILES string of the molecule is CSc1ncc(C(=O)Nc2cc(C)cc(C)c2)c(C)n1. The Morgan fingerprint density at radius 2 is 1.80 bits per heavy atom. The minimum absolute atomic E-state index is 0.180. The highest BCUT2D eigenvalue weighted by atomic mass is 32.2. The molecule has 0 aliphatic rings. The third-order valence-corrected chi connectivity index (χ3v) is 3.43. The van der Waals surface area contributed by atoms with Crippen molar-refractivity contribution in [3.8, 4) is 0 Å². The molecule has 4 nitrogen and oxygen atoms in total. The molecule has 1 amide bonds. The molecule has 2 aromatic rings. The lowest BCUT2D eigenvalue weighted by molar-refractivity contribution is 0.102. The van der Waals surface area contributed by atoms with Gasteiger partial charge >= 0.3 is 0 Å². The van der Waals surface area contributed by atoms with Crippen LogP contribution in [0.1, 0.15) is 27.2 Å². The summed E-state index contributed by atoms with van der Waals surface area (Å²) in [6, 6.07) is 5.95. The molecular formula is C15H17N3OS. The van der Waals surface area contributed by atoms with Crippen LogP contribution in [0, 0.1) is 20.8 Å². The fraction of sp³-hybridized carbons (Fsp3) is 0.267. The average Bonchev–Trinajstić information content (AvgIpc) is 2.36. The topological polar surface area (TPSA) is 54.9 Å². The van der Waals surface area contributed by atoms with Crippen molar-refractivity contribution < 1.29 is 4.79 Å². The van der Waals surface area contributed by atoms with Gasteiger partial charge in [0.05, 0.1) is 11.3 Å². The molecule has 0 radical (unpaired) electrons. The summed E-state index contributed by atoms with van der Waals surface area (Å²) in [4.78, 5) is 20.7. The van der Waals surface area contributed by atoms with Crippen LogP contribution in [0.5, 0.6) is 0 Å². The van der Waals surface area contributed by atoms with Crippen molar-refractivity contribution in [1.29, 1.82) is 0 Å². The summed E-state index contributed by atoms with van der Waals surface area (Å²) in [5, 5.41) is 3.56. The molecule has 0 aliphatic carbocycles. The van der Waals surface area contributed by atoms with Gasteiger partial charge < -0.3 is 5.32 Å². The standard InChI is InChI=1S/C15H17N3OS/c1-9-5-10(2)7-12(6-9)18-14(19)13-8-16-15(20-4)17-11(13)3/h5-8H,1-4H3,(H,18,19). The monoisotopic (exact) mass is 287 g/mol. The van der Waals surface area contributed by atoms with E-state index in [-0.39, 0.29) is 5.91 Å². The molecule has 1 aromatic carbocycles. The zero-order valence-corrected chi connectivity index (χ0v) is 12.8. The average molecular weight is 287 g/mol. The van der Waals surface area contributed by atoms with Gasteiger partial charge in [-0.25, -0.2) is 9.97 Å². The van der Waals surface area contributed by atoms with E-state index >= 15 is 0 Å². The first-order valence-electron chi connectivity index (χ1n) is 6.27. The zero-order valence-electron chi connectivity index (χ0n) is 12.0. The van der Waals surface area contributed by atoms with Crippen LogP contribution in [0.3, 0.4) is 0 Å². The van der Waals surface area contributed by atoms with E-state index in [1.165, 1.54) is 11.8 Å². The lowest BCUT2D eigenvalue weighted by Gasteiger charge is -2.09. The molecule has 1 aromatic heterocycles. The molecule has 0 saturated carbocycles. The summed E-state index contributed by atoms with van der Waals surface area (Å²) < 4.78 is 0. The third kappa shape index (κ3) is 3.36. The van der Waals surface area contributed by atoms with Crippen LogP contribution >= 0.6 is 11.8 Å². The van der Waals surface area contributed by atoms with Crippen molar-refractivity contribution in [1.82, 2.24) is 9.97 Å². The van der Waals surface area contributed by atoms with Gasteiger partial charge in [0, 0.05) is 11.9 Å². The molecule has 0 spiro atoms. The van der Waals surface area contributed by atoms with E-state index in [1.807, 2.05) is 39.2 Å². The predicted octanol–water partition coefficient (Wildman–Crippen LogP) is 3.38. The van der Waals surface area contributed by atoms with E-state index in [1.54, 1.807) is 6.20 Å². The fourth-order valence-electron chi connectivity index (χ4n) is 2.01. The second-order valence-electron chi connectivity index (χ2n) is 4.69. The quantitative estimate of drug-likeness (QED) is 0.694. The van der Waals surface area contributed by atoms with E-state index in [2.05, 4.69) is 21.4 Å². The van der Waals surface area contributed by atoms with Gasteiger partial charge in [0.2, 0.25) is 0 Å². The van der Waals surface area contributed by atoms with Crippen LogP contribution in [0.4, 0.5) is 5.69 Å². The van der Waals surface area contributed by atoms with Crippen molar-refractivity contribution in [2.45, 2.75) is 25.9 Å². The molecule has 0 unspecified atom stereocenters. The summed E-state index contributed by atoms with van der Waals surface area (Å²) >= 11 is 1.46. The molecule has 0 atom stereocenters. The van der Waals surface area contributed by atoms with E-state index < -0.39 is 0 Å². The molecular weight excluding hydrogens is 270 g/mol. The summed E-state index contributed by atoms with van der Waals surface area (Å²) in [5.74, 6) is -0.180. The largest absolute Gasteiger partial charge is 0.322 e. The Balaban J connectivity index is 2.23. The molecule has 0 fully saturated rings. The Hall–Kier alpha value is -1.88. The minimum atomic E-state index is -0.180. The zero-order chi connectivity index (χ0) is 14.7. The number of aryl methyl sites for hydroxylation is 3. The van der Waals surface area contributed by atoms with Crippen LogP contribution < -0.4 is 5.32 Å². The van der Waals surface area contributed by atoms with E-state index in [4.69, 9.17) is 0 Å². The molecule has 0 saturated heterocycles. The smallest absolute Gasteiger partial charge is 0.259 e. The van der Waals surface area contributed by atoms with Crippen molar-refractivity contribution in [3.63, 3.8) is 0 Å². The molecule has 2 rings (SSSR count). The van der Waals surface area contributed by atoms with Crippen LogP contribution in [0.2, 0.25) is 0 Å². The summed E-state index contributed by atoms with van der Waals surface area (Å²) in [7, 11) is 0. The molecule has 20 heavy (non-hydrogen) atoms. The van der Waals surface area contributed by atoms with Gasteiger partial charge in [-0.05, 0) is 50.3 Å². The highest BCUT2D eigenvalue weighted by Crippen LogP contribution is 2.16. The lowest BCUT2D eigenvalue weighted by atomic mass is 10.1. The maximum absolute atomic E-state index is 12.3. The maximum Gasteiger partial charge on any atom is 0.259 e. The summed E-state index contributed by atoms with van der Waals surface area (Å²) in [6.45, 7) is 5.83. The number of hydrogen-bond donors (Lipinski definition) is 1. The van der Waals surface area contributed by atoms with Crippen LogP contribution in [0.15, 0.2) is 29.6 Å². The number of carbonyl (C=O) groups is 1. The normalized spacial score (nSPS) is 10.4. The van der Waals surface area contributed by atoms with Crippen molar-refractivity contribution in [2.24, 2.45) is 0 Å². The first-order valence-corrected chi connectivity index (χ1v) is 7.49. The number of benzene rings is 1. The highest BCUT2D eigenvalue weighted by Gasteiger charge is 2.12. The number of anilines is 1. The number of hydrogen-bond acceptors (Lipinski definition) is 4. The van der Waals surface area contributed by atoms with Gasteiger partial charge in [-0.1, -0.05) is 17.8 Å². The Morgan fingerprint density at radius 1 is 1.15 bits per heavy atom. The maximum atomic E-state index is 12.3. The van der Waals surface area contributed by atoms with Crippen molar-refractivity contribution >= 4 is 23.4 Å². The predicted molar refractivity (Wildman–Crippen MR) is 82.4 cm³/mol. The highest BCUT2D eigenvalue weighted by molar-refractivity contribution is 7.98. The number of nitrogens with one attached hydrogen (secondary N) is 1. The van der Waals surface area contributed by atoms with Crippen LogP contribution in [0.25, 0.3) is 0 Å². The first-order chi connectivity index (χ1) is 9.49. The summed E-state index contributed by atoms with van der Waals surface area (Å²) in [6.07, 6.45) is 3.48. The molecule has 104 valence electrons. The Bertz CT molecular complexity index is 635. The molecule has 0 aliphatic heterocycles. The van der Waals surface area contributed by atoms with Gasteiger partial charge in [-0.2, -0.15) is 0 Å². The molecule has 1 heterocycles. The number of rotatable bonds is 3. The van der Waals surface area contributed by atoms with E-state index in [0.29, 0.717) is 16.4 Å². The Kier molecular flexibility index (Phi) is 4.39. The lowest BCUT2D eigenvalue weighted by Crippen LogP contribution is -2.15. The van der Waals surface area contributed by atoms with Crippen LogP contribution in [-0.4, -0.2) is 22.1 Å². The molecule has 5 heteroatoms. The van der Waals surface area contributed by atoms with Crippen molar-refractivity contribution in [2.75, 3.05) is 11.6 Å². The van der Waals surface area contributed by atoms with Gasteiger partial charge in [-0.3, -0.25) is 4.79 Å². The number of carbonyl (C=O) groups excluding carboxylic acids is 1. The fourth-order valence-corrected chi connectivity index (χ4v) is 2.40. The van der Waals surface area contributed by atoms with Gasteiger partial charge in [0.15, 0.2) is 5.16 Å². The van der Waals surface area contributed by atoms with Gasteiger partial charge in [0.25, 0.3) is 5.91 Å². The second kappa shape index (κ2) is 6.05. The van der Waals surface area contributed by atoms with Crippen LogP contribution in [-0.2, 0) is 0 Å². The molecule has 0 bridgehead atoms. The Morgan fingerprint density at radius 3 is 2.35 bits per heavy atom. The Labute approximate surface area is 123 Å². The van der Waals surface area contributed by atoms with E-state index in [0.717, 1.165) is 16.8 Å². The molecule has 1 N–H and O–H groups in total. The first kappa shape index (κ1) is 14.5. The number of aromatic nitrogens is 2. The van der Waals surface area contributed by atoms with Gasteiger partial charge in [0.1, 0.15) is 0 Å². The minimum Gasteiger partial charge on any atom is -0.322 e. The second-order valence-corrected chi connectivity index (χ2v) is 5.46. The summed E-state index contributed by atoms with van der Waals surface area (Å²) in [5.41, 5.74) is 4.21. The number of amides is 1.